The number of rotatable bonds is 3. The summed E-state index contributed by atoms with van der Waals surface area (Å²) in [4.78, 5) is 10.4. The van der Waals surface area contributed by atoms with Crippen LogP contribution in [-0.2, 0) is 11.2 Å². The predicted molar refractivity (Wildman–Crippen MR) is 54.8 cm³/mol. The van der Waals surface area contributed by atoms with Gasteiger partial charge >= 0.3 is 0 Å². The predicted octanol–water partition coefficient (Wildman–Crippen LogP) is 2.30. The highest BCUT2D eigenvalue weighted by molar-refractivity contribution is 6.30. The van der Waals surface area contributed by atoms with E-state index in [-0.39, 0.29) is 5.92 Å². The highest BCUT2D eigenvalue weighted by Gasteiger charge is 2.05. The summed E-state index contributed by atoms with van der Waals surface area (Å²) in [5.74, 6) is 0.00322. The van der Waals surface area contributed by atoms with E-state index in [2.05, 4.69) is 0 Å². The second kappa shape index (κ2) is 4.28. The molecular formula is C10H12ClNO. The molecule has 13 heavy (non-hydrogen) atoms. The van der Waals surface area contributed by atoms with Crippen LogP contribution < -0.4 is 5.73 Å². The molecule has 0 radical (unpaired) electrons. The molecule has 0 aliphatic carbocycles. The van der Waals surface area contributed by atoms with Crippen LogP contribution in [0.25, 0.3) is 0 Å². The fraction of sp³-hybridized carbons (Fsp3) is 0.300. The minimum Gasteiger partial charge on any atom is -0.398 e. The average Bonchev–Trinajstić information content (AvgIpc) is 2.09. The number of carbonyl (C=O) groups is 1. The van der Waals surface area contributed by atoms with Crippen molar-refractivity contribution in [1.29, 1.82) is 0 Å². The maximum absolute atomic E-state index is 10.4. The zero-order chi connectivity index (χ0) is 9.84. The van der Waals surface area contributed by atoms with Crippen LogP contribution in [0.2, 0.25) is 5.02 Å². The summed E-state index contributed by atoms with van der Waals surface area (Å²) in [6, 6.07) is 5.34. The number of aldehydes is 1. The molecule has 0 aliphatic heterocycles. The molecule has 1 aromatic rings. The molecule has 3 heteroatoms. The average molecular weight is 198 g/mol. The van der Waals surface area contributed by atoms with Crippen molar-refractivity contribution in [2.24, 2.45) is 5.92 Å². The highest BCUT2D eigenvalue weighted by Crippen LogP contribution is 2.20. The van der Waals surface area contributed by atoms with Gasteiger partial charge in [-0.05, 0) is 24.1 Å². The van der Waals surface area contributed by atoms with E-state index < -0.39 is 0 Å². The van der Waals surface area contributed by atoms with Gasteiger partial charge in [0, 0.05) is 16.6 Å². The summed E-state index contributed by atoms with van der Waals surface area (Å²) in [5, 5.41) is 0.625. The van der Waals surface area contributed by atoms with E-state index in [9.17, 15) is 4.79 Å². The van der Waals surface area contributed by atoms with Crippen molar-refractivity contribution in [2.45, 2.75) is 13.3 Å². The van der Waals surface area contributed by atoms with Crippen molar-refractivity contribution in [2.75, 3.05) is 5.73 Å². The molecule has 0 aromatic heterocycles. The standard InChI is InChI=1S/C10H12ClNO/c1-7(6-13)4-8-2-3-9(11)5-10(8)12/h2-3,5-7H,4,12H2,1H3. The Morgan fingerprint density at radius 2 is 2.31 bits per heavy atom. The fourth-order valence-electron chi connectivity index (χ4n) is 1.15. The number of nitrogen functional groups attached to an aromatic ring is 1. The molecule has 1 rings (SSSR count). The highest BCUT2D eigenvalue weighted by atomic mass is 35.5. The summed E-state index contributed by atoms with van der Waals surface area (Å²) >= 11 is 5.74. The Hall–Kier alpha value is -1.02. The van der Waals surface area contributed by atoms with E-state index in [1.54, 1.807) is 12.1 Å². The zero-order valence-electron chi connectivity index (χ0n) is 7.46. The van der Waals surface area contributed by atoms with Crippen molar-refractivity contribution >= 4 is 23.6 Å². The van der Waals surface area contributed by atoms with E-state index >= 15 is 0 Å². The molecule has 2 nitrogen and oxygen atoms in total. The number of nitrogens with two attached hydrogens (primary N) is 1. The summed E-state index contributed by atoms with van der Waals surface area (Å²) in [6.45, 7) is 1.86. The number of anilines is 1. The molecule has 1 atom stereocenters. The zero-order valence-corrected chi connectivity index (χ0v) is 8.21. The molecule has 0 aliphatic rings. The van der Waals surface area contributed by atoms with Gasteiger partial charge in [-0.3, -0.25) is 0 Å². The van der Waals surface area contributed by atoms with Gasteiger partial charge in [0.15, 0.2) is 0 Å². The van der Waals surface area contributed by atoms with Crippen molar-refractivity contribution < 1.29 is 4.79 Å². The summed E-state index contributed by atoms with van der Waals surface area (Å²) in [5.41, 5.74) is 7.35. The lowest BCUT2D eigenvalue weighted by Crippen LogP contribution is -2.03. The monoisotopic (exact) mass is 197 g/mol. The van der Waals surface area contributed by atoms with Gasteiger partial charge in [0.05, 0.1) is 0 Å². The van der Waals surface area contributed by atoms with Crippen LogP contribution >= 0.6 is 11.6 Å². The van der Waals surface area contributed by atoms with E-state index in [4.69, 9.17) is 17.3 Å². The van der Waals surface area contributed by atoms with Crippen LogP contribution in [0.5, 0.6) is 0 Å². The van der Waals surface area contributed by atoms with Crippen LogP contribution in [0.4, 0.5) is 5.69 Å². The van der Waals surface area contributed by atoms with E-state index in [0.717, 1.165) is 11.8 Å². The van der Waals surface area contributed by atoms with E-state index in [0.29, 0.717) is 17.1 Å². The lowest BCUT2D eigenvalue weighted by molar-refractivity contribution is -0.110. The number of halogens is 1. The topological polar surface area (TPSA) is 43.1 Å². The lowest BCUT2D eigenvalue weighted by Gasteiger charge is -2.07. The van der Waals surface area contributed by atoms with Gasteiger partial charge in [-0.25, -0.2) is 0 Å². The first-order chi connectivity index (χ1) is 6.13. The van der Waals surface area contributed by atoms with Crippen LogP contribution in [0, 0.1) is 5.92 Å². The third-order valence-electron chi connectivity index (χ3n) is 1.88. The quantitative estimate of drug-likeness (QED) is 0.597. The smallest absolute Gasteiger partial charge is 0.123 e. The van der Waals surface area contributed by atoms with Crippen LogP contribution in [0.15, 0.2) is 18.2 Å². The molecule has 0 saturated heterocycles. The Labute approximate surface area is 82.7 Å². The van der Waals surface area contributed by atoms with Gasteiger partial charge in [0.2, 0.25) is 0 Å². The first-order valence-electron chi connectivity index (χ1n) is 4.12. The maximum atomic E-state index is 10.4. The Morgan fingerprint density at radius 1 is 1.62 bits per heavy atom. The summed E-state index contributed by atoms with van der Waals surface area (Å²) in [6.07, 6.45) is 1.60. The Balaban J connectivity index is 2.83. The van der Waals surface area contributed by atoms with Crippen LogP contribution in [-0.4, -0.2) is 6.29 Å². The Bertz CT molecular complexity index is 312. The molecule has 0 fully saturated rings. The summed E-state index contributed by atoms with van der Waals surface area (Å²) < 4.78 is 0. The van der Waals surface area contributed by atoms with Gasteiger partial charge in [-0.1, -0.05) is 24.6 Å². The van der Waals surface area contributed by atoms with Gasteiger partial charge in [0.1, 0.15) is 6.29 Å². The molecule has 0 amide bonds. The first-order valence-corrected chi connectivity index (χ1v) is 4.50. The maximum Gasteiger partial charge on any atom is 0.123 e. The van der Waals surface area contributed by atoms with Crippen molar-refractivity contribution in [1.82, 2.24) is 0 Å². The van der Waals surface area contributed by atoms with Crippen molar-refractivity contribution in [3.63, 3.8) is 0 Å². The Kier molecular flexibility index (Phi) is 3.32. The number of hydrogen-bond acceptors (Lipinski definition) is 2. The molecule has 2 N–H and O–H groups in total. The Morgan fingerprint density at radius 3 is 2.85 bits per heavy atom. The minimum atomic E-state index is 0.00322. The number of hydrogen-bond donors (Lipinski definition) is 1. The van der Waals surface area contributed by atoms with Gasteiger partial charge < -0.3 is 10.5 Å². The number of carbonyl (C=O) groups excluding carboxylic acids is 1. The SMILES string of the molecule is CC(C=O)Cc1ccc(Cl)cc1N. The minimum absolute atomic E-state index is 0.00322. The number of benzene rings is 1. The van der Waals surface area contributed by atoms with Crippen molar-refractivity contribution in [3.05, 3.63) is 28.8 Å². The van der Waals surface area contributed by atoms with Crippen molar-refractivity contribution in [3.8, 4) is 0 Å². The molecule has 0 saturated carbocycles. The second-order valence-corrected chi connectivity index (χ2v) is 3.60. The molecular weight excluding hydrogens is 186 g/mol. The first kappa shape index (κ1) is 10.1. The molecule has 0 spiro atoms. The molecule has 70 valence electrons. The summed E-state index contributed by atoms with van der Waals surface area (Å²) in [7, 11) is 0. The largest absolute Gasteiger partial charge is 0.398 e. The second-order valence-electron chi connectivity index (χ2n) is 3.16. The molecule has 1 aromatic carbocycles. The molecule has 0 bridgehead atoms. The van der Waals surface area contributed by atoms with Gasteiger partial charge in [-0.15, -0.1) is 0 Å². The van der Waals surface area contributed by atoms with Crippen LogP contribution in [0.3, 0.4) is 0 Å². The normalized spacial score (nSPS) is 12.5. The van der Waals surface area contributed by atoms with Gasteiger partial charge in [0.25, 0.3) is 0 Å². The van der Waals surface area contributed by atoms with E-state index in [1.807, 2.05) is 13.0 Å². The fourth-order valence-corrected chi connectivity index (χ4v) is 1.33. The third kappa shape index (κ3) is 2.74. The molecule has 1 unspecified atom stereocenters. The van der Waals surface area contributed by atoms with Crippen LogP contribution in [0.1, 0.15) is 12.5 Å². The molecule has 0 heterocycles. The van der Waals surface area contributed by atoms with E-state index in [1.165, 1.54) is 0 Å². The van der Waals surface area contributed by atoms with Gasteiger partial charge in [-0.2, -0.15) is 0 Å². The third-order valence-corrected chi connectivity index (χ3v) is 2.12. The lowest BCUT2D eigenvalue weighted by atomic mass is 10.0.